The minimum Gasteiger partial charge on any atom is -0.369 e. The van der Waals surface area contributed by atoms with Crippen LogP contribution in [0.25, 0.3) is 11.2 Å². The van der Waals surface area contributed by atoms with E-state index in [1.165, 1.54) is 6.33 Å². The number of imidazole rings is 1. The first-order chi connectivity index (χ1) is 13.1. The molecule has 0 spiro atoms. The van der Waals surface area contributed by atoms with Gasteiger partial charge in [-0.3, -0.25) is 23.8 Å². The Labute approximate surface area is 163 Å². The standard InChI is InChI=1S/C16H28N7O4P/c1-10(2)22-6-11(8-26-28(5,25)21(3)4)27-12(7-22)23-9-18-13-14(23)19-16(17)20-15(13)24/h9-12H,6-8H2,1-5H3,(H3,17,19,20,24)/t11-,12+,28?/m0/s1. The first-order valence-electron chi connectivity index (χ1n) is 9.10. The molecule has 1 aliphatic heterocycles. The first-order valence-corrected chi connectivity index (χ1v) is 11.1. The number of morpholine rings is 1. The highest BCUT2D eigenvalue weighted by molar-refractivity contribution is 7.55. The fraction of sp³-hybridized carbons (Fsp3) is 0.688. The van der Waals surface area contributed by atoms with Crippen LogP contribution in [-0.4, -0.2) is 81.7 Å². The summed E-state index contributed by atoms with van der Waals surface area (Å²) in [5.74, 6) is 0.0218. The molecule has 0 aliphatic carbocycles. The molecule has 3 rings (SSSR count). The monoisotopic (exact) mass is 413 g/mol. The Bertz CT molecular complexity index is 941. The highest BCUT2D eigenvalue weighted by Gasteiger charge is 2.33. The number of nitrogens with zero attached hydrogens (tertiary/aromatic N) is 5. The summed E-state index contributed by atoms with van der Waals surface area (Å²) >= 11 is 0. The zero-order valence-electron chi connectivity index (χ0n) is 16.8. The number of nitrogen functional groups attached to an aromatic ring is 1. The summed E-state index contributed by atoms with van der Waals surface area (Å²) in [6.45, 7) is 7.19. The molecule has 11 nitrogen and oxygen atoms in total. The van der Waals surface area contributed by atoms with E-state index in [1.54, 1.807) is 30.0 Å². The summed E-state index contributed by atoms with van der Waals surface area (Å²) in [7, 11) is 0.573. The number of aromatic amines is 1. The van der Waals surface area contributed by atoms with E-state index in [2.05, 4.69) is 33.7 Å². The lowest BCUT2D eigenvalue weighted by Gasteiger charge is -2.40. The van der Waals surface area contributed by atoms with Crippen LogP contribution in [0.1, 0.15) is 20.1 Å². The van der Waals surface area contributed by atoms with Crippen LogP contribution in [0.3, 0.4) is 0 Å². The maximum absolute atomic E-state index is 12.5. The van der Waals surface area contributed by atoms with Gasteiger partial charge in [0.25, 0.3) is 13.1 Å². The number of hydrogen-bond acceptors (Lipinski definition) is 8. The smallest absolute Gasteiger partial charge is 0.280 e. The van der Waals surface area contributed by atoms with Crippen molar-refractivity contribution in [1.82, 2.24) is 29.1 Å². The molecule has 28 heavy (non-hydrogen) atoms. The SMILES string of the molecule is CC(C)N1C[C@@H](COP(C)(=O)N(C)C)O[C@@H](n2cnc3c(=O)[nH]c(N)nc32)C1. The minimum atomic E-state index is -2.87. The van der Waals surface area contributed by atoms with E-state index in [4.69, 9.17) is 15.0 Å². The van der Waals surface area contributed by atoms with Crippen LogP contribution in [0.5, 0.6) is 0 Å². The molecule has 1 unspecified atom stereocenters. The van der Waals surface area contributed by atoms with Crippen molar-refractivity contribution in [2.75, 3.05) is 46.2 Å². The molecule has 0 saturated carbocycles. The van der Waals surface area contributed by atoms with E-state index < -0.39 is 19.3 Å². The van der Waals surface area contributed by atoms with Crippen LogP contribution in [-0.2, 0) is 13.8 Å². The first kappa shape index (κ1) is 20.9. The third-order valence-corrected chi connectivity index (χ3v) is 6.98. The molecule has 0 amide bonds. The number of nitrogens with one attached hydrogen (secondary N) is 1. The molecule has 2 aromatic heterocycles. The van der Waals surface area contributed by atoms with E-state index >= 15 is 0 Å². The number of rotatable bonds is 6. The van der Waals surface area contributed by atoms with Crippen molar-refractivity contribution in [3.63, 3.8) is 0 Å². The van der Waals surface area contributed by atoms with Gasteiger partial charge < -0.3 is 15.0 Å². The molecule has 0 radical (unpaired) electrons. The number of ether oxygens (including phenoxy) is 1. The van der Waals surface area contributed by atoms with Crippen LogP contribution >= 0.6 is 7.52 Å². The molecule has 0 bridgehead atoms. The van der Waals surface area contributed by atoms with Crippen LogP contribution < -0.4 is 11.3 Å². The topological polar surface area (TPSA) is 132 Å². The van der Waals surface area contributed by atoms with E-state index in [0.717, 1.165) is 0 Å². The maximum atomic E-state index is 12.5. The summed E-state index contributed by atoms with van der Waals surface area (Å²) in [6.07, 6.45) is 0.800. The summed E-state index contributed by atoms with van der Waals surface area (Å²) in [5.41, 5.74) is 5.87. The van der Waals surface area contributed by atoms with Gasteiger partial charge in [-0.05, 0) is 27.9 Å². The van der Waals surface area contributed by atoms with Crippen molar-refractivity contribution in [3.05, 3.63) is 16.7 Å². The second-order valence-electron chi connectivity index (χ2n) is 7.48. The molecule has 1 aliphatic rings. The van der Waals surface area contributed by atoms with Gasteiger partial charge in [0.1, 0.15) is 6.23 Å². The van der Waals surface area contributed by atoms with Gasteiger partial charge in [-0.25, -0.2) is 9.65 Å². The lowest BCUT2D eigenvalue weighted by atomic mass is 10.2. The number of hydrogen-bond donors (Lipinski definition) is 2. The predicted octanol–water partition coefficient (Wildman–Crippen LogP) is 0.711. The Kier molecular flexibility index (Phi) is 5.92. The van der Waals surface area contributed by atoms with Crippen molar-refractivity contribution in [3.8, 4) is 0 Å². The molecule has 156 valence electrons. The Morgan fingerprint density at radius 3 is 2.82 bits per heavy atom. The molecule has 1 saturated heterocycles. The van der Waals surface area contributed by atoms with Gasteiger partial charge in [-0.2, -0.15) is 4.98 Å². The van der Waals surface area contributed by atoms with Crippen LogP contribution in [0.2, 0.25) is 0 Å². The van der Waals surface area contributed by atoms with Crippen molar-refractivity contribution in [2.45, 2.75) is 32.2 Å². The second-order valence-corrected chi connectivity index (χ2v) is 10.1. The number of H-pyrrole nitrogens is 1. The van der Waals surface area contributed by atoms with E-state index in [9.17, 15) is 9.36 Å². The van der Waals surface area contributed by atoms with Gasteiger partial charge in [-0.15, -0.1) is 0 Å². The van der Waals surface area contributed by atoms with E-state index in [0.29, 0.717) is 18.7 Å². The summed E-state index contributed by atoms with van der Waals surface area (Å²) in [6, 6.07) is 0.271. The number of nitrogens with two attached hydrogens (primary N) is 1. The van der Waals surface area contributed by atoms with Gasteiger partial charge >= 0.3 is 0 Å². The van der Waals surface area contributed by atoms with Gasteiger partial charge in [-0.1, -0.05) is 0 Å². The van der Waals surface area contributed by atoms with Crippen LogP contribution in [0.4, 0.5) is 5.95 Å². The molecule has 2 aromatic rings. The average Bonchev–Trinajstić information content (AvgIpc) is 3.03. The molecule has 3 atom stereocenters. The molecular formula is C16H28N7O4P. The van der Waals surface area contributed by atoms with Crippen LogP contribution in [0, 0.1) is 0 Å². The van der Waals surface area contributed by atoms with Gasteiger partial charge in [0.2, 0.25) is 5.95 Å². The number of fused-ring (bicyclic) bond motifs is 1. The molecule has 0 aromatic carbocycles. The van der Waals surface area contributed by atoms with Crippen molar-refractivity contribution in [2.24, 2.45) is 0 Å². The molecule has 3 heterocycles. The Morgan fingerprint density at radius 1 is 1.46 bits per heavy atom. The summed E-state index contributed by atoms with van der Waals surface area (Å²) in [4.78, 5) is 25.1. The van der Waals surface area contributed by atoms with Gasteiger partial charge in [0.15, 0.2) is 11.2 Å². The highest BCUT2D eigenvalue weighted by Crippen LogP contribution is 2.44. The van der Waals surface area contributed by atoms with E-state index in [-0.39, 0.29) is 30.2 Å². The summed E-state index contributed by atoms with van der Waals surface area (Å²) in [5, 5.41) is 0. The fourth-order valence-electron chi connectivity index (χ4n) is 3.00. The highest BCUT2D eigenvalue weighted by atomic mass is 31.2. The average molecular weight is 413 g/mol. The zero-order valence-corrected chi connectivity index (χ0v) is 17.7. The molecule has 12 heteroatoms. The minimum absolute atomic E-state index is 0.0218. The number of anilines is 1. The Hall–Kier alpha value is -1.78. The molecular weight excluding hydrogens is 385 g/mol. The largest absolute Gasteiger partial charge is 0.369 e. The van der Waals surface area contributed by atoms with Crippen molar-refractivity contribution < 1.29 is 13.8 Å². The van der Waals surface area contributed by atoms with Crippen molar-refractivity contribution >= 4 is 24.6 Å². The number of aromatic nitrogens is 4. The van der Waals surface area contributed by atoms with Gasteiger partial charge in [0, 0.05) is 25.8 Å². The second kappa shape index (κ2) is 7.92. The maximum Gasteiger partial charge on any atom is 0.280 e. The van der Waals surface area contributed by atoms with Crippen LogP contribution in [0.15, 0.2) is 11.1 Å². The third-order valence-electron chi connectivity index (χ3n) is 4.90. The predicted molar refractivity (Wildman–Crippen MR) is 106 cm³/mol. The van der Waals surface area contributed by atoms with Gasteiger partial charge in [0.05, 0.1) is 19.0 Å². The fourth-order valence-corrected chi connectivity index (χ4v) is 3.68. The third kappa shape index (κ3) is 4.28. The lowest BCUT2D eigenvalue weighted by molar-refractivity contribution is -0.136. The zero-order chi connectivity index (χ0) is 20.6. The molecule has 3 N–H and O–H groups in total. The normalized spacial score (nSPS) is 23.5. The van der Waals surface area contributed by atoms with Crippen molar-refractivity contribution in [1.29, 1.82) is 0 Å². The van der Waals surface area contributed by atoms with E-state index in [1.807, 2.05) is 0 Å². The lowest BCUT2D eigenvalue weighted by Crippen LogP contribution is -2.49. The summed E-state index contributed by atoms with van der Waals surface area (Å²) < 4.78 is 27.6. The Morgan fingerprint density at radius 2 is 2.18 bits per heavy atom. The quantitative estimate of drug-likeness (QED) is 0.657. The molecule has 1 fully saturated rings. The Balaban J connectivity index is 1.86.